The van der Waals surface area contributed by atoms with Gasteiger partial charge >= 0.3 is 0 Å². The van der Waals surface area contributed by atoms with Crippen molar-refractivity contribution in [1.82, 2.24) is 0 Å². The van der Waals surface area contributed by atoms with Crippen molar-refractivity contribution < 1.29 is 9.53 Å². The predicted octanol–water partition coefficient (Wildman–Crippen LogP) is 4.90. The lowest BCUT2D eigenvalue weighted by Gasteiger charge is -2.06. The highest BCUT2D eigenvalue weighted by Gasteiger charge is 2.18. The van der Waals surface area contributed by atoms with E-state index in [4.69, 9.17) is 4.74 Å². The fourth-order valence-electron chi connectivity index (χ4n) is 2.80. The van der Waals surface area contributed by atoms with E-state index in [1.165, 1.54) is 51.4 Å². The average Bonchev–Trinajstić information content (AvgIpc) is 2.89. The van der Waals surface area contributed by atoms with Crippen molar-refractivity contribution >= 4 is 5.78 Å². The molecule has 0 N–H and O–H groups in total. The van der Waals surface area contributed by atoms with Crippen LogP contribution in [0.3, 0.4) is 0 Å². The summed E-state index contributed by atoms with van der Waals surface area (Å²) in [6.07, 6.45) is 14.5. The van der Waals surface area contributed by atoms with Crippen molar-refractivity contribution in [2.24, 2.45) is 5.92 Å². The molecule has 0 unspecified atom stereocenters. The van der Waals surface area contributed by atoms with Crippen molar-refractivity contribution in [3.63, 3.8) is 0 Å². The van der Waals surface area contributed by atoms with Gasteiger partial charge in [-0.15, -0.1) is 0 Å². The lowest BCUT2D eigenvalue weighted by Crippen LogP contribution is -2.08. The molecule has 0 saturated carbocycles. The summed E-state index contributed by atoms with van der Waals surface area (Å²) in [5.74, 6) is 0.976. The lowest BCUT2D eigenvalue weighted by molar-refractivity contribution is -0.120. The summed E-state index contributed by atoms with van der Waals surface area (Å²) in [6, 6.07) is 0. The number of Topliss-reactive ketones (excluding diaryl/α,β-unsaturated/α-hetero) is 1. The summed E-state index contributed by atoms with van der Waals surface area (Å²) in [5.41, 5.74) is 0. The highest BCUT2D eigenvalue weighted by Crippen LogP contribution is 2.18. The summed E-state index contributed by atoms with van der Waals surface area (Å²) in [6.45, 7) is 3.92. The van der Waals surface area contributed by atoms with E-state index in [-0.39, 0.29) is 0 Å². The van der Waals surface area contributed by atoms with Gasteiger partial charge in [0.15, 0.2) is 0 Å². The van der Waals surface area contributed by atoms with Gasteiger partial charge in [-0.3, -0.25) is 4.79 Å². The molecule has 1 heterocycles. The van der Waals surface area contributed by atoms with Crippen LogP contribution in [0, 0.1) is 5.92 Å². The molecule has 0 aliphatic carbocycles. The zero-order valence-electron chi connectivity index (χ0n) is 12.8. The molecule has 0 radical (unpaired) electrons. The van der Waals surface area contributed by atoms with E-state index < -0.39 is 0 Å². The van der Waals surface area contributed by atoms with Crippen LogP contribution in [0.4, 0.5) is 0 Å². The van der Waals surface area contributed by atoms with E-state index in [0.717, 1.165) is 38.9 Å². The number of carbonyl (C=O) groups excluding carboxylic acids is 1. The Balaban J connectivity index is 1.80. The SMILES string of the molecule is CCCCCCCCCCCC(=O)C[C@@H]1CCOC1. The Morgan fingerprint density at radius 1 is 1.00 bits per heavy atom. The predicted molar refractivity (Wildman–Crippen MR) is 80.4 cm³/mol. The van der Waals surface area contributed by atoms with Gasteiger partial charge in [-0.2, -0.15) is 0 Å². The van der Waals surface area contributed by atoms with Crippen LogP contribution in [0.25, 0.3) is 0 Å². The second-order valence-electron chi connectivity index (χ2n) is 6.05. The summed E-state index contributed by atoms with van der Waals surface area (Å²) in [7, 11) is 0. The van der Waals surface area contributed by atoms with Crippen LogP contribution in [0.5, 0.6) is 0 Å². The number of hydrogen-bond donors (Lipinski definition) is 0. The molecule has 112 valence electrons. The Kier molecular flexibility index (Phi) is 10.1. The maximum absolute atomic E-state index is 11.8. The molecular weight excluding hydrogens is 236 g/mol. The standard InChI is InChI=1S/C17H32O2/c1-2-3-4-5-6-7-8-9-10-11-17(18)14-16-12-13-19-15-16/h16H,2-15H2,1H3/t16-/m0/s1. The normalized spacial score (nSPS) is 18.9. The smallest absolute Gasteiger partial charge is 0.133 e. The van der Waals surface area contributed by atoms with Gasteiger partial charge in [0.25, 0.3) is 0 Å². The van der Waals surface area contributed by atoms with Gasteiger partial charge < -0.3 is 4.74 Å². The maximum atomic E-state index is 11.8. The van der Waals surface area contributed by atoms with Gasteiger partial charge in [0.2, 0.25) is 0 Å². The molecule has 2 nitrogen and oxygen atoms in total. The summed E-state index contributed by atoms with van der Waals surface area (Å²) < 4.78 is 5.30. The fraction of sp³-hybridized carbons (Fsp3) is 0.941. The summed E-state index contributed by atoms with van der Waals surface area (Å²) >= 11 is 0. The molecule has 1 aliphatic heterocycles. The van der Waals surface area contributed by atoms with Crippen LogP contribution < -0.4 is 0 Å². The molecule has 1 aliphatic rings. The fourth-order valence-corrected chi connectivity index (χ4v) is 2.80. The largest absolute Gasteiger partial charge is 0.381 e. The van der Waals surface area contributed by atoms with Crippen LogP contribution >= 0.6 is 0 Å². The van der Waals surface area contributed by atoms with E-state index in [1.54, 1.807) is 0 Å². The molecule has 19 heavy (non-hydrogen) atoms. The van der Waals surface area contributed by atoms with Crippen LogP contribution in [0.1, 0.15) is 84.0 Å². The van der Waals surface area contributed by atoms with Crippen molar-refractivity contribution in [2.75, 3.05) is 13.2 Å². The van der Waals surface area contributed by atoms with E-state index in [0.29, 0.717) is 11.7 Å². The van der Waals surface area contributed by atoms with E-state index in [1.807, 2.05) is 0 Å². The third-order valence-electron chi connectivity index (χ3n) is 4.10. The first-order chi connectivity index (χ1) is 9.33. The lowest BCUT2D eigenvalue weighted by atomic mass is 9.98. The minimum absolute atomic E-state index is 0.457. The number of hydrogen-bond acceptors (Lipinski definition) is 2. The van der Waals surface area contributed by atoms with Gasteiger partial charge in [-0.25, -0.2) is 0 Å². The Hall–Kier alpha value is -0.370. The second kappa shape index (κ2) is 11.5. The first kappa shape index (κ1) is 16.7. The number of unbranched alkanes of at least 4 members (excludes halogenated alkanes) is 8. The first-order valence-electron chi connectivity index (χ1n) is 8.42. The number of rotatable bonds is 12. The molecule has 1 rings (SSSR count). The molecule has 0 spiro atoms. The zero-order valence-corrected chi connectivity index (χ0v) is 12.8. The molecule has 1 saturated heterocycles. The minimum atomic E-state index is 0.457. The quantitative estimate of drug-likeness (QED) is 0.470. The van der Waals surface area contributed by atoms with Gasteiger partial charge in [0.1, 0.15) is 5.78 Å². The maximum Gasteiger partial charge on any atom is 0.133 e. The molecule has 0 aromatic heterocycles. The zero-order chi connectivity index (χ0) is 13.8. The van der Waals surface area contributed by atoms with Crippen molar-refractivity contribution in [2.45, 2.75) is 84.0 Å². The van der Waals surface area contributed by atoms with Crippen molar-refractivity contribution in [3.05, 3.63) is 0 Å². The highest BCUT2D eigenvalue weighted by atomic mass is 16.5. The van der Waals surface area contributed by atoms with E-state index >= 15 is 0 Å². The molecule has 0 bridgehead atoms. The molecule has 0 amide bonds. The minimum Gasteiger partial charge on any atom is -0.381 e. The molecule has 0 aromatic rings. The van der Waals surface area contributed by atoms with E-state index in [9.17, 15) is 4.79 Å². The van der Waals surface area contributed by atoms with Gasteiger partial charge in [0, 0.05) is 26.1 Å². The number of ketones is 1. The molecule has 1 fully saturated rings. The Bertz CT molecular complexity index is 219. The monoisotopic (exact) mass is 268 g/mol. The van der Waals surface area contributed by atoms with Crippen LogP contribution in [0.2, 0.25) is 0 Å². The Morgan fingerprint density at radius 3 is 2.21 bits per heavy atom. The number of ether oxygens (including phenoxy) is 1. The van der Waals surface area contributed by atoms with Crippen LogP contribution in [-0.2, 0) is 9.53 Å². The number of carbonyl (C=O) groups is 1. The molecule has 1 atom stereocenters. The third-order valence-corrected chi connectivity index (χ3v) is 4.10. The highest BCUT2D eigenvalue weighted by molar-refractivity contribution is 5.78. The Morgan fingerprint density at radius 2 is 1.63 bits per heavy atom. The summed E-state index contributed by atoms with van der Waals surface area (Å²) in [4.78, 5) is 11.8. The molecule has 2 heteroatoms. The van der Waals surface area contributed by atoms with Gasteiger partial charge in [0.05, 0.1) is 0 Å². The van der Waals surface area contributed by atoms with Gasteiger partial charge in [-0.05, 0) is 18.8 Å². The van der Waals surface area contributed by atoms with Gasteiger partial charge in [-0.1, -0.05) is 58.3 Å². The third kappa shape index (κ3) is 9.21. The van der Waals surface area contributed by atoms with Crippen molar-refractivity contribution in [3.8, 4) is 0 Å². The second-order valence-corrected chi connectivity index (χ2v) is 6.05. The van der Waals surface area contributed by atoms with E-state index in [2.05, 4.69) is 6.92 Å². The van der Waals surface area contributed by atoms with Crippen LogP contribution in [-0.4, -0.2) is 19.0 Å². The average molecular weight is 268 g/mol. The first-order valence-corrected chi connectivity index (χ1v) is 8.42. The topological polar surface area (TPSA) is 26.3 Å². The van der Waals surface area contributed by atoms with Crippen molar-refractivity contribution in [1.29, 1.82) is 0 Å². The molecule has 0 aromatic carbocycles. The Labute approximate surface area is 119 Å². The molecular formula is C17H32O2. The summed E-state index contributed by atoms with van der Waals surface area (Å²) in [5, 5.41) is 0. The van der Waals surface area contributed by atoms with Crippen LogP contribution in [0.15, 0.2) is 0 Å².